The van der Waals surface area contributed by atoms with Gasteiger partial charge >= 0.3 is 7.82 Å². The average molecular weight is 1580 g/mol. The lowest BCUT2D eigenvalue weighted by molar-refractivity contribution is -0.872. The molecule has 0 aliphatic rings. The number of quaternary nitrogens is 1. The number of hydrogen-bond donors (Lipinski definition) is 3. The fraction of sp³-hybridized carbons (Fsp3) is 0.637. The average Bonchev–Trinajstić information content (AvgIpc) is 0.861. The first-order valence-corrected chi connectivity index (χ1v) is 45.6. The second-order valence-electron chi connectivity index (χ2n) is 27.5. The van der Waals surface area contributed by atoms with Gasteiger partial charge in [0.25, 0.3) is 0 Å². The van der Waals surface area contributed by atoms with Gasteiger partial charge in [-0.1, -0.05) is 422 Å². The van der Waals surface area contributed by atoms with Crippen LogP contribution in [0.5, 0.6) is 0 Å². The van der Waals surface area contributed by atoms with Gasteiger partial charge in [0.1, 0.15) is 12.6 Å². The number of aliphatic hydroxyl groups excluding tert-OH is 2. The number of phosphoric ester groups is 1. The molecule has 0 rings (SSSR count). The number of ketones is 1. The van der Waals surface area contributed by atoms with E-state index in [4.69, 9.17) is 9.63 Å². The Morgan fingerprint density at radius 2 is 0.532 bits per heavy atom. The van der Waals surface area contributed by atoms with Crippen LogP contribution in [0.4, 0.5) is 0 Å². The summed E-state index contributed by atoms with van der Waals surface area (Å²) in [6.07, 6.45) is 98.4. The van der Waals surface area contributed by atoms with Gasteiger partial charge in [0.15, 0.2) is 11.9 Å². The molecular weight excluding hydrogens is 1380 g/mol. The third-order valence-corrected chi connectivity index (χ3v) is 15.4. The van der Waals surface area contributed by atoms with Crippen molar-refractivity contribution in [1.29, 1.82) is 0 Å². The Balaban J connectivity index is -0.0000000979. The van der Waals surface area contributed by atoms with Crippen LogP contribution >= 0.6 is 7.82 Å². The second-order valence-corrected chi connectivity index (χ2v) is 28.9. The van der Waals surface area contributed by atoms with Crippen LogP contribution in [0.3, 0.4) is 0 Å². The SMILES string of the molecule is C=CCCCC.C=CCCCC.C=CCCCC.C=CCCCC.C=CCCCC.C=CCCCC.C=CCCCC.C=CCCCC.C=CCCCC.C=CCCCC.C=CCCCC.C=CCCCC.CCCCCCCCCC=CC=CC=CC=CC=CC=CC(=O)C(C[N+](C)(C)C)OP(=O)(O)OC[C@H](O)CO. The highest BCUT2D eigenvalue weighted by Gasteiger charge is 2.34. The molecular formula is C102H195NO7P+. The van der Waals surface area contributed by atoms with Gasteiger partial charge in [-0.25, -0.2) is 4.57 Å². The molecule has 9 heteroatoms. The number of likely N-dealkylation sites (N-methyl/N-ethyl adjacent to an activating group) is 1. The van der Waals surface area contributed by atoms with Gasteiger partial charge in [0.05, 0.1) is 34.4 Å². The Morgan fingerprint density at radius 1 is 0.324 bits per heavy atom. The second kappa shape index (κ2) is 143. The maximum absolute atomic E-state index is 12.6. The van der Waals surface area contributed by atoms with Crippen LogP contribution in [-0.2, 0) is 18.4 Å². The van der Waals surface area contributed by atoms with Crippen molar-refractivity contribution in [1.82, 2.24) is 0 Å². The molecule has 0 saturated carbocycles. The van der Waals surface area contributed by atoms with Crippen molar-refractivity contribution in [3.63, 3.8) is 0 Å². The number of hydrogen-bond acceptors (Lipinski definition) is 6. The predicted octanol–water partition coefficient (Wildman–Crippen LogP) is 33.9. The van der Waals surface area contributed by atoms with E-state index >= 15 is 0 Å². The van der Waals surface area contributed by atoms with E-state index in [1.54, 1.807) is 12.2 Å². The first kappa shape index (κ1) is 135. The summed E-state index contributed by atoms with van der Waals surface area (Å²) in [5.41, 5.74) is 0. The number of nitrogens with zero attached hydrogens (tertiary/aromatic N) is 1. The van der Waals surface area contributed by atoms with Crippen LogP contribution < -0.4 is 0 Å². The van der Waals surface area contributed by atoms with Gasteiger partial charge in [-0.05, 0) is 96.0 Å². The monoisotopic (exact) mass is 1580 g/mol. The maximum atomic E-state index is 12.6. The van der Waals surface area contributed by atoms with Crippen molar-refractivity contribution in [2.24, 2.45) is 0 Å². The zero-order valence-electron chi connectivity index (χ0n) is 77.1. The number of phosphoric acid groups is 1. The summed E-state index contributed by atoms with van der Waals surface area (Å²) >= 11 is 0. The number of carbonyl (C=O) groups is 1. The highest BCUT2D eigenvalue weighted by molar-refractivity contribution is 7.47. The third-order valence-electron chi connectivity index (χ3n) is 14.4. The van der Waals surface area contributed by atoms with Gasteiger partial charge in [-0.2, -0.15) is 0 Å². The van der Waals surface area contributed by atoms with Gasteiger partial charge in [-0.15, -0.1) is 78.9 Å². The largest absolute Gasteiger partial charge is 0.473 e. The fourth-order valence-electron chi connectivity index (χ4n) is 7.44. The van der Waals surface area contributed by atoms with Crippen LogP contribution in [0.1, 0.15) is 373 Å². The summed E-state index contributed by atoms with van der Waals surface area (Å²) in [7, 11) is 0.820. The summed E-state index contributed by atoms with van der Waals surface area (Å²) in [4.78, 5) is 22.5. The molecule has 0 aromatic heterocycles. The minimum absolute atomic E-state index is 0.121. The lowest BCUT2D eigenvalue weighted by atomic mass is 10.1. The number of unbranched alkanes of at least 4 members (excludes halogenated alkanes) is 31. The predicted molar refractivity (Wildman–Crippen MR) is 516 cm³/mol. The molecule has 0 amide bonds. The van der Waals surface area contributed by atoms with Crippen molar-refractivity contribution in [2.75, 3.05) is 40.9 Å². The number of rotatable bonds is 59. The van der Waals surface area contributed by atoms with Crippen molar-refractivity contribution in [3.05, 3.63) is 225 Å². The smallest absolute Gasteiger partial charge is 0.394 e. The molecule has 0 bridgehead atoms. The molecule has 0 aromatic rings. The molecule has 2 unspecified atom stereocenters. The van der Waals surface area contributed by atoms with Crippen LogP contribution in [0, 0.1) is 0 Å². The molecule has 0 aliphatic carbocycles. The topological polar surface area (TPSA) is 113 Å². The molecule has 0 spiro atoms. The van der Waals surface area contributed by atoms with Gasteiger partial charge in [0.2, 0.25) is 0 Å². The van der Waals surface area contributed by atoms with E-state index in [2.05, 4.69) is 186 Å². The molecule has 111 heavy (non-hydrogen) atoms. The Kier molecular flexibility index (Phi) is 174. The summed E-state index contributed by atoms with van der Waals surface area (Å²) in [5.74, 6) is -0.498. The lowest BCUT2D eigenvalue weighted by Crippen LogP contribution is -2.45. The van der Waals surface area contributed by atoms with Gasteiger partial charge in [-0.3, -0.25) is 13.8 Å². The Bertz CT molecular complexity index is 1780. The van der Waals surface area contributed by atoms with Gasteiger partial charge < -0.3 is 19.6 Å². The molecule has 3 atom stereocenters. The standard InChI is InChI=1S/C30H50NO7P.12C6H12/c1-5-6-7-8-9-10-11-12-13-14-15-16-17-18-19-20-21-22-23-24-29(34)30(25-31(2,3)4)38-39(35,36)37-27-28(33)26-32;12*1-3-5-6-4-2/h13-24,28,30,32-33H,5-12,25-27H2,1-4H3;12*3H,1,4-6H2,2H3/p+1/t28-,30?;;;;;;;;;;;;/m1............/s1. The lowest BCUT2D eigenvalue weighted by Gasteiger charge is -2.28. The number of allylic oxidation sites excluding steroid dienone is 23. The molecule has 3 N–H and O–H groups in total. The minimum atomic E-state index is -4.62. The molecule has 0 aliphatic heterocycles. The molecule has 0 heterocycles. The maximum Gasteiger partial charge on any atom is 0.473 e. The normalized spacial score (nSPS) is 11.1. The van der Waals surface area contributed by atoms with Crippen LogP contribution in [-0.4, -0.2) is 78.5 Å². The van der Waals surface area contributed by atoms with Crippen molar-refractivity contribution in [3.8, 4) is 0 Å². The Hall–Kier alpha value is -5.02. The first-order valence-electron chi connectivity index (χ1n) is 44.1. The van der Waals surface area contributed by atoms with Crippen molar-refractivity contribution >= 4 is 13.6 Å². The zero-order chi connectivity index (χ0) is 87.4. The summed E-state index contributed by atoms with van der Waals surface area (Å²) in [5, 5.41) is 18.1. The van der Waals surface area contributed by atoms with Crippen LogP contribution in [0.2, 0.25) is 0 Å². The molecule has 0 saturated heterocycles. The third kappa shape index (κ3) is 203. The Labute approximate surface area is 698 Å². The van der Waals surface area contributed by atoms with E-state index in [0.717, 1.165) is 6.42 Å². The van der Waals surface area contributed by atoms with Crippen LogP contribution in [0.25, 0.3) is 0 Å². The summed E-state index contributed by atoms with van der Waals surface area (Å²) in [6, 6.07) is 0. The molecule has 654 valence electrons. The zero-order valence-corrected chi connectivity index (χ0v) is 78.0. The highest BCUT2D eigenvalue weighted by Crippen LogP contribution is 2.45. The molecule has 0 fully saturated rings. The highest BCUT2D eigenvalue weighted by atomic mass is 31.2. The minimum Gasteiger partial charge on any atom is -0.394 e. The van der Waals surface area contributed by atoms with Crippen molar-refractivity contribution < 1.29 is 38.0 Å². The van der Waals surface area contributed by atoms with E-state index in [-0.39, 0.29) is 6.54 Å². The van der Waals surface area contributed by atoms with E-state index in [1.165, 1.54) is 288 Å². The summed E-state index contributed by atoms with van der Waals surface area (Å²) in [6.45, 7) is 70.5. The fourth-order valence-corrected chi connectivity index (χ4v) is 8.36. The van der Waals surface area contributed by atoms with E-state index in [9.17, 15) is 19.4 Å². The molecule has 8 nitrogen and oxygen atoms in total. The summed E-state index contributed by atoms with van der Waals surface area (Å²) < 4.78 is 22.2. The number of aliphatic hydroxyl groups is 2. The quantitative estimate of drug-likeness (QED) is 0.0139. The van der Waals surface area contributed by atoms with Gasteiger partial charge in [0, 0.05) is 0 Å². The van der Waals surface area contributed by atoms with Crippen LogP contribution in [0.15, 0.2) is 225 Å². The Morgan fingerprint density at radius 3 is 0.730 bits per heavy atom. The van der Waals surface area contributed by atoms with E-state index < -0.39 is 39.0 Å². The van der Waals surface area contributed by atoms with E-state index in [0.29, 0.717) is 4.48 Å². The first-order chi connectivity index (χ1) is 53.5. The molecule has 0 aromatic carbocycles. The van der Waals surface area contributed by atoms with E-state index in [1.807, 2.05) is 131 Å². The number of carbonyl (C=O) groups excluding carboxylic acids is 1. The van der Waals surface area contributed by atoms with Crippen molar-refractivity contribution in [2.45, 2.75) is 385 Å². The molecule has 0 radical (unpaired) electrons.